The fourth-order valence-electron chi connectivity index (χ4n) is 4.66. The normalized spacial score (nSPS) is 23.2. The Morgan fingerprint density at radius 1 is 1.45 bits per heavy atom. The highest BCUT2D eigenvalue weighted by molar-refractivity contribution is 9.10. The smallest absolute Gasteiger partial charge is 0.428 e. The van der Waals surface area contributed by atoms with Gasteiger partial charge in [0.2, 0.25) is 0 Å². The quantitative estimate of drug-likeness (QED) is 0.633. The zero-order chi connectivity index (χ0) is 23.6. The van der Waals surface area contributed by atoms with Gasteiger partial charge >= 0.3 is 6.09 Å². The fraction of sp³-hybridized carbons (Fsp3) is 0.435. The van der Waals surface area contributed by atoms with Crippen LogP contribution in [0.2, 0.25) is 0 Å². The highest BCUT2D eigenvalue weighted by Gasteiger charge is 2.46. The van der Waals surface area contributed by atoms with Crippen LogP contribution in [0.4, 0.5) is 4.79 Å². The molecule has 0 unspecified atom stereocenters. The van der Waals surface area contributed by atoms with Gasteiger partial charge in [-0.3, -0.25) is 9.48 Å². The maximum atomic E-state index is 12.4. The predicted octanol–water partition coefficient (Wildman–Crippen LogP) is 3.64. The van der Waals surface area contributed by atoms with Crippen LogP contribution in [-0.2, 0) is 11.8 Å². The topological polar surface area (TPSA) is 121 Å². The Balaban J connectivity index is 1.44. The summed E-state index contributed by atoms with van der Waals surface area (Å²) in [5.41, 5.74) is 4.00. The minimum absolute atomic E-state index is 0.00178. The molecule has 1 aliphatic heterocycles. The first kappa shape index (κ1) is 23.0. The van der Waals surface area contributed by atoms with Crippen LogP contribution >= 0.6 is 15.9 Å². The van der Waals surface area contributed by atoms with Crippen LogP contribution < -0.4 is 10.7 Å². The van der Waals surface area contributed by atoms with Gasteiger partial charge in [0.15, 0.2) is 5.60 Å². The second kappa shape index (κ2) is 9.35. The molecule has 1 atom stereocenters. The zero-order valence-corrected chi connectivity index (χ0v) is 20.1. The molecule has 1 fully saturated rings. The van der Waals surface area contributed by atoms with E-state index in [9.17, 15) is 14.9 Å². The number of carbonyl (C=O) groups is 2. The van der Waals surface area contributed by atoms with Crippen molar-refractivity contribution in [2.45, 2.75) is 50.7 Å². The van der Waals surface area contributed by atoms with Gasteiger partial charge < -0.3 is 10.1 Å². The Kier molecular flexibility index (Phi) is 6.51. The predicted molar refractivity (Wildman–Crippen MR) is 124 cm³/mol. The van der Waals surface area contributed by atoms with Crippen molar-refractivity contribution < 1.29 is 14.3 Å². The molecule has 1 aromatic heterocycles. The highest BCUT2D eigenvalue weighted by Crippen LogP contribution is 2.41. The summed E-state index contributed by atoms with van der Waals surface area (Å²) in [7, 11) is 1.78. The number of rotatable bonds is 5. The SMILES string of the molecule is C[C@@H](CC1CCC2(CC1)OC(=O)NN=C2c1cc(C#N)ccc1Br)NC(=O)c1cnn(C)c1. The maximum Gasteiger partial charge on any atom is 0.428 e. The summed E-state index contributed by atoms with van der Waals surface area (Å²) in [5, 5.41) is 20.7. The first-order valence-electron chi connectivity index (χ1n) is 10.9. The third-order valence-electron chi connectivity index (χ3n) is 6.27. The molecule has 0 radical (unpaired) electrons. The molecule has 33 heavy (non-hydrogen) atoms. The van der Waals surface area contributed by atoms with Crippen molar-refractivity contribution in [3.63, 3.8) is 0 Å². The maximum absolute atomic E-state index is 12.4. The monoisotopic (exact) mass is 512 g/mol. The zero-order valence-electron chi connectivity index (χ0n) is 18.5. The van der Waals surface area contributed by atoms with Crippen molar-refractivity contribution in [1.82, 2.24) is 20.5 Å². The number of nitrogens with zero attached hydrogens (tertiary/aromatic N) is 4. The minimum Gasteiger partial charge on any atom is -0.435 e. The molecular weight excluding hydrogens is 488 g/mol. The fourth-order valence-corrected chi connectivity index (χ4v) is 5.09. The molecule has 10 heteroatoms. The first-order chi connectivity index (χ1) is 15.8. The number of aromatic nitrogens is 2. The van der Waals surface area contributed by atoms with E-state index in [0.29, 0.717) is 35.6 Å². The van der Waals surface area contributed by atoms with Crippen LogP contribution in [-0.4, -0.2) is 39.1 Å². The van der Waals surface area contributed by atoms with Gasteiger partial charge in [-0.15, -0.1) is 0 Å². The number of benzene rings is 1. The molecule has 2 N–H and O–H groups in total. The molecule has 1 saturated carbocycles. The van der Waals surface area contributed by atoms with Gasteiger partial charge in [0.05, 0.1) is 23.4 Å². The van der Waals surface area contributed by atoms with Crippen LogP contribution in [0.5, 0.6) is 0 Å². The lowest BCUT2D eigenvalue weighted by Gasteiger charge is -2.42. The van der Waals surface area contributed by atoms with E-state index in [1.165, 1.54) is 0 Å². The molecule has 1 aliphatic carbocycles. The summed E-state index contributed by atoms with van der Waals surface area (Å²) in [6, 6.07) is 7.43. The van der Waals surface area contributed by atoms with Crippen molar-refractivity contribution in [3.05, 3.63) is 51.8 Å². The third kappa shape index (κ3) is 4.93. The molecule has 2 aliphatic rings. The van der Waals surface area contributed by atoms with E-state index in [0.717, 1.165) is 29.3 Å². The Morgan fingerprint density at radius 3 is 2.88 bits per heavy atom. The van der Waals surface area contributed by atoms with Crippen molar-refractivity contribution in [3.8, 4) is 6.07 Å². The average molecular weight is 513 g/mol. The van der Waals surface area contributed by atoms with E-state index in [-0.39, 0.29) is 11.9 Å². The summed E-state index contributed by atoms with van der Waals surface area (Å²) < 4.78 is 8.21. The van der Waals surface area contributed by atoms with Gasteiger partial charge in [0.1, 0.15) is 5.71 Å². The molecular formula is C23H25BrN6O3. The molecule has 1 spiro atoms. The standard InChI is InChI=1S/C23H25BrN6O3/c1-14(27-21(31)17-12-26-30(2)13-17)9-15-5-7-23(8-6-15)20(28-29-22(32)33-23)18-10-16(11-25)3-4-19(18)24/h3-4,10,12-15H,5-9H2,1-2H3,(H,27,31)(H,29,32)/t14-,15?,23?/m0/s1. The molecule has 172 valence electrons. The summed E-state index contributed by atoms with van der Waals surface area (Å²) >= 11 is 3.54. The van der Waals surface area contributed by atoms with E-state index in [1.54, 1.807) is 42.3 Å². The average Bonchev–Trinajstić information content (AvgIpc) is 3.23. The van der Waals surface area contributed by atoms with Crippen LogP contribution in [0.1, 0.15) is 60.5 Å². The molecule has 2 aromatic rings. The van der Waals surface area contributed by atoms with E-state index in [1.807, 2.05) is 6.92 Å². The van der Waals surface area contributed by atoms with Crippen molar-refractivity contribution in [2.24, 2.45) is 18.1 Å². The van der Waals surface area contributed by atoms with E-state index in [2.05, 4.69) is 42.9 Å². The van der Waals surface area contributed by atoms with Crippen LogP contribution in [0, 0.1) is 17.2 Å². The molecule has 9 nitrogen and oxygen atoms in total. The summed E-state index contributed by atoms with van der Waals surface area (Å²) in [5.74, 6) is 0.246. The van der Waals surface area contributed by atoms with Gasteiger partial charge in [-0.1, -0.05) is 15.9 Å². The summed E-state index contributed by atoms with van der Waals surface area (Å²) in [4.78, 5) is 24.5. The van der Waals surface area contributed by atoms with Crippen molar-refractivity contribution in [1.29, 1.82) is 5.26 Å². The largest absolute Gasteiger partial charge is 0.435 e. The first-order valence-corrected chi connectivity index (χ1v) is 11.7. The van der Waals surface area contributed by atoms with Crippen LogP contribution in [0.3, 0.4) is 0 Å². The number of nitriles is 1. The Hall–Kier alpha value is -3.19. The summed E-state index contributed by atoms with van der Waals surface area (Å²) in [6.07, 6.45) is 6.41. The van der Waals surface area contributed by atoms with Gasteiger partial charge in [-0.25, -0.2) is 10.2 Å². The Bertz CT molecular complexity index is 1140. The number of hydrogen-bond acceptors (Lipinski definition) is 6. The molecule has 2 amide bonds. The second-order valence-corrected chi connectivity index (χ2v) is 9.57. The Morgan fingerprint density at radius 2 is 2.21 bits per heavy atom. The second-order valence-electron chi connectivity index (χ2n) is 8.72. The number of aryl methyl sites for hydroxylation is 1. The van der Waals surface area contributed by atoms with Crippen LogP contribution in [0.25, 0.3) is 0 Å². The van der Waals surface area contributed by atoms with E-state index < -0.39 is 11.7 Å². The molecule has 1 aromatic carbocycles. The van der Waals surface area contributed by atoms with Crippen LogP contribution in [0.15, 0.2) is 40.2 Å². The lowest BCUT2D eigenvalue weighted by molar-refractivity contribution is 0.0154. The van der Waals surface area contributed by atoms with Gasteiger partial charge in [-0.05, 0) is 63.1 Å². The van der Waals surface area contributed by atoms with Gasteiger partial charge in [0.25, 0.3) is 5.91 Å². The number of nitrogens with one attached hydrogen (secondary N) is 2. The van der Waals surface area contributed by atoms with Crippen molar-refractivity contribution >= 4 is 33.6 Å². The lowest BCUT2D eigenvalue weighted by Crippen LogP contribution is -2.52. The number of hydrogen-bond donors (Lipinski definition) is 2. The van der Waals surface area contributed by atoms with Gasteiger partial charge in [0, 0.05) is 29.3 Å². The van der Waals surface area contributed by atoms with Crippen molar-refractivity contribution in [2.75, 3.05) is 0 Å². The number of amides is 2. The molecule has 0 saturated heterocycles. The summed E-state index contributed by atoms with van der Waals surface area (Å²) in [6.45, 7) is 2.00. The number of carbonyl (C=O) groups excluding carboxylic acids is 2. The van der Waals surface area contributed by atoms with Gasteiger partial charge in [-0.2, -0.15) is 15.5 Å². The third-order valence-corrected chi connectivity index (χ3v) is 6.97. The molecule has 2 heterocycles. The number of ether oxygens (including phenoxy) is 1. The van der Waals surface area contributed by atoms with E-state index >= 15 is 0 Å². The number of halogens is 1. The Labute approximate surface area is 200 Å². The lowest BCUT2D eigenvalue weighted by atomic mass is 9.72. The number of hydrazone groups is 1. The minimum atomic E-state index is -0.836. The highest BCUT2D eigenvalue weighted by atomic mass is 79.9. The molecule has 0 bridgehead atoms. The van der Waals surface area contributed by atoms with E-state index in [4.69, 9.17) is 4.74 Å². The molecule has 4 rings (SSSR count).